The Morgan fingerprint density at radius 2 is 2.15 bits per heavy atom. The number of rotatable bonds is 5. The average molecular weight is 377 g/mol. The standard InChI is InChI=1S/C21H29ClN2O2/c1-5-20-23-17-9-7-15(22)11-18(17)24(20)12-21(25)26-19-10-14(4)6-8-16(19)13(2)3/h7,9,11,13-14,16,19H,5-6,8,10,12H2,1-4H3/t14?,16-,19+/m0/s1. The molecule has 1 aliphatic carbocycles. The van der Waals surface area contributed by atoms with Crippen LogP contribution in [0.5, 0.6) is 0 Å². The van der Waals surface area contributed by atoms with E-state index in [0.29, 0.717) is 22.8 Å². The zero-order valence-electron chi connectivity index (χ0n) is 16.2. The van der Waals surface area contributed by atoms with Gasteiger partial charge in [0.2, 0.25) is 0 Å². The van der Waals surface area contributed by atoms with E-state index in [1.807, 2.05) is 29.7 Å². The van der Waals surface area contributed by atoms with E-state index in [2.05, 4.69) is 25.8 Å². The van der Waals surface area contributed by atoms with E-state index in [4.69, 9.17) is 16.3 Å². The lowest BCUT2D eigenvalue weighted by Crippen LogP contribution is -2.36. The quantitative estimate of drug-likeness (QED) is 0.669. The van der Waals surface area contributed by atoms with Gasteiger partial charge in [-0.25, -0.2) is 4.98 Å². The highest BCUT2D eigenvalue weighted by molar-refractivity contribution is 6.31. The van der Waals surface area contributed by atoms with Crippen molar-refractivity contribution < 1.29 is 9.53 Å². The molecule has 1 aromatic carbocycles. The topological polar surface area (TPSA) is 44.1 Å². The molecular weight excluding hydrogens is 348 g/mol. The van der Waals surface area contributed by atoms with Gasteiger partial charge in [0.05, 0.1) is 11.0 Å². The fourth-order valence-electron chi connectivity index (χ4n) is 4.18. The van der Waals surface area contributed by atoms with Crippen molar-refractivity contribution in [3.8, 4) is 0 Å². The van der Waals surface area contributed by atoms with Gasteiger partial charge >= 0.3 is 5.97 Å². The molecule has 3 atom stereocenters. The molecule has 0 saturated heterocycles. The molecule has 1 aromatic heterocycles. The van der Waals surface area contributed by atoms with E-state index in [9.17, 15) is 4.79 Å². The molecule has 0 bridgehead atoms. The lowest BCUT2D eigenvalue weighted by Gasteiger charge is -2.36. The fourth-order valence-corrected chi connectivity index (χ4v) is 4.34. The summed E-state index contributed by atoms with van der Waals surface area (Å²) in [4.78, 5) is 17.4. The molecule has 1 fully saturated rings. The minimum Gasteiger partial charge on any atom is -0.461 e. The minimum atomic E-state index is -0.177. The molecule has 1 saturated carbocycles. The van der Waals surface area contributed by atoms with E-state index in [1.165, 1.54) is 6.42 Å². The molecular formula is C21H29ClN2O2. The van der Waals surface area contributed by atoms with Crippen LogP contribution in [0.4, 0.5) is 0 Å². The number of hydrogen-bond acceptors (Lipinski definition) is 3. The Balaban J connectivity index is 1.79. The van der Waals surface area contributed by atoms with Crippen molar-refractivity contribution in [2.75, 3.05) is 0 Å². The normalized spacial score (nSPS) is 23.5. The van der Waals surface area contributed by atoms with Crippen LogP contribution < -0.4 is 0 Å². The van der Waals surface area contributed by atoms with E-state index in [-0.39, 0.29) is 18.6 Å². The number of aryl methyl sites for hydroxylation is 1. The first-order valence-electron chi connectivity index (χ1n) is 9.73. The van der Waals surface area contributed by atoms with E-state index < -0.39 is 0 Å². The molecule has 0 spiro atoms. The zero-order chi connectivity index (χ0) is 18.8. The van der Waals surface area contributed by atoms with E-state index in [1.54, 1.807) is 0 Å². The largest absolute Gasteiger partial charge is 0.461 e. The molecule has 3 rings (SSSR count). The average Bonchev–Trinajstić information content (AvgIpc) is 2.91. The van der Waals surface area contributed by atoms with Crippen molar-refractivity contribution in [3.63, 3.8) is 0 Å². The molecule has 0 amide bonds. The van der Waals surface area contributed by atoms with Crippen molar-refractivity contribution in [2.45, 2.75) is 66.0 Å². The fraction of sp³-hybridized carbons (Fsp3) is 0.619. The Morgan fingerprint density at radius 1 is 1.38 bits per heavy atom. The molecule has 2 aromatic rings. The molecule has 0 aliphatic heterocycles. The smallest absolute Gasteiger partial charge is 0.326 e. The number of esters is 1. The molecule has 1 unspecified atom stereocenters. The van der Waals surface area contributed by atoms with Crippen LogP contribution >= 0.6 is 11.6 Å². The molecule has 0 radical (unpaired) electrons. The van der Waals surface area contributed by atoms with Gasteiger partial charge in [-0.1, -0.05) is 45.7 Å². The van der Waals surface area contributed by atoms with Crippen LogP contribution in [0.15, 0.2) is 18.2 Å². The summed E-state index contributed by atoms with van der Waals surface area (Å²) in [7, 11) is 0. The summed E-state index contributed by atoms with van der Waals surface area (Å²) in [6.07, 6.45) is 4.11. The van der Waals surface area contributed by atoms with Gasteiger partial charge < -0.3 is 9.30 Å². The minimum absolute atomic E-state index is 0.0229. The van der Waals surface area contributed by atoms with Crippen molar-refractivity contribution in [2.24, 2.45) is 17.8 Å². The lowest BCUT2D eigenvalue weighted by molar-refractivity contribution is -0.156. The number of benzene rings is 1. The van der Waals surface area contributed by atoms with Gasteiger partial charge in [0.15, 0.2) is 0 Å². The van der Waals surface area contributed by atoms with Gasteiger partial charge in [0.1, 0.15) is 18.5 Å². The van der Waals surface area contributed by atoms with Gasteiger partial charge in [0, 0.05) is 11.4 Å². The molecule has 1 heterocycles. The van der Waals surface area contributed by atoms with Crippen LogP contribution in [-0.2, 0) is 22.5 Å². The first kappa shape index (κ1) is 19.2. The summed E-state index contributed by atoms with van der Waals surface area (Å²) in [5.41, 5.74) is 1.76. The van der Waals surface area contributed by atoms with Crippen LogP contribution in [0.3, 0.4) is 0 Å². The summed E-state index contributed by atoms with van der Waals surface area (Å²) in [5.74, 6) is 2.30. The zero-order valence-corrected chi connectivity index (χ0v) is 16.9. The summed E-state index contributed by atoms with van der Waals surface area (Å²) in [5, 5.41) is 0.649. The monoisotopic (exact) mass is 376 g/mol. The number of imidazole rings is 1. The van der Waals surface area contributed by atoms with Crippen LogP contribution in [0.1, 0.15) is 52.8 Å². The number of carbonyl (C=O) groups is 1. The number of nitrogens with zero attached hydrogens (tertiary/aromatic N) is 2. The van der Waals surface area contributed by atoms with Gasteiger partial charge in [-0.3, -0.25) is 4.79 Å². The van der Waals surface area contributed by atoms with E-state index in [0.717, 1.165) is 36.1 Å². The Labute approximate surface area is 160 Å². The maximum Gasteiger partial charge on any atom is 0.326 e. The van der Waals surface area contributed by atoms with Crippen molar-refractivity contribution in [1.82, 2.24) is 9.55 Å². The second kappa shape index (κ2) is 7.99. The summed E-state index contributed by atoms with van der Waals surface area (Å²) in [6, 6.07) is 5.60. The second-order valence-corrected chi connectivity index (χ2v) is 8.39. The Hall–Kier alpha value is -1.55. The summed E-state index contributed by atoms with van der Waals surface area (Å²) < 4.78 is 7.91. The number of carbonyl (C=O) groups excluding carboxylic acids is 1. The summed E-state index contributed by atoms with van der Waals surface area (Å²) >= 11 is 6.15. The number of fused-ring (bicyclic) bond motifs is 1. The van der Waals surface area contributed by atoms with E-state index >= 15 is 0 Å². The molecule has 142 valence electrons. The maximum atomic E-state index is 12.7. The molecule has 5 heteroatoms. The highest BCUT2D eigenvalue weighted by Gasteiger charge is 2.33. The summed E-state index contributed by atoms with van der Waals surface area (Å²) in [6.45, 7) is 8.93. The van der Waals surface area contributed by atoms with Crippen LogP contribution in [0, 0.1) is 17.8 Å². The van der Waals surface area contributed by atoms with Gasteiger partial charge in [-0.05, 0) is 48.8 Å². The van der Waals surface area contributed by atoms with Crippen LogP contribution in [0.2, 0.25) is 5.02 Å². The molecule has 26 heavy (non-hydrogen) atoms. The number of aromatic nitrogens is 2. The van der Waals surface area contributed by atoms with Crippen molar-refractivity contribution in [3.05, 3.63) is 29.0 Å². The SMILES string of the molecule is CCc1nc2ccc(Cl)cc2n1CC(=O)O[C@@H]1CC(C)CC[C@H]1C(C)C. The number of hydrogen-bond donors (Lipinski definition) is 0. The number of ether oxygens (including phenoxy) is 1. The second-order valence-electron chi connectivity index (χ2n) is 7.96. The highest BCUT2D eigenvalue weighted by atomic mass is 35.5. The van der Waals surface area contributed by atoms with Crippen LogP contribution in [0.25, 0.3) is 11.0 Å². The molecule has 1 aliphatic rings. The van der Waals surface area contributed by atoms with Gasteiger partial charge in [0.25, 0.3) is 0 Å². The van der Waals surface area contributed by atoms with Gasteiger partial charge in [-0.2, -0.15) is 0 Å². The Kier molecular flexibility index (Phi) is 5.91. The Bertz CT molecular complexity index is 784. The molecule has 4 nitrogen and oxygen atoms in total. The lowest BCUT2D eigenvalue weighted by atomic mass is 9.75. The first-order chi connectivity index (χ1) is 12.4. The third-order valence-electron chi connectivity index (χ3n) is 5.64. The third kappa shape index (κ3) is 4.06. The predicted molar refractivity (Wildman–Crippen MR) is 105 cm³/mol. The number of halogens is 1. The maximum absolute atomic E-state index is 12.7. The third-order valence-corrected chi connectivity index (χ3v) is 5.87. The van der Waals surface area contributed by atoms with Crippen molar-refractivity contribution >= 4 is 28.6 Å². The highest BCUT2D eigenvalue weighted by Crippen LogP contribution is 2.35. The molecule has 0 N–H and O–H groups in total. The predicted octanol–water partition coefficient (Wildman–Crippen LogP) is 5.26. The van der Waals surface area contributed by atoms with Crippen molar-refractivity contribution in [1.29, 1.82) is 0 Å². The van der Waals surface area contributed by atoms with Crippen LogP contribution in [-0.4, -0.2) is 21.6 Å². The first-order valence-corrected chi connectivity index (χ1v) is 10.1. The van der Waals surface area contributed by atoms with Gasteiger partial charge in [-0.15, -0.1) is 0 Å². The Morgan fingerprint density at radius 3 is 2.85 bits per heavy atom.